The summed E-state index contributed by atoms with van der Waals surface area (Å²) < 4.78 is 69.5. The van der Waals surface area contributed by atoms with Crippen LogP contribution in [0.4, 0.5) is 26.3 Å². The van der Waals surface area contributed by atoms with Crippen molar-refractivity contribution in [3.05, 3.63) is 0 Å². The second-order valence-corrected chi connectivity index (χ2v) is 6.07. The van der Waals surface area contributed by atoms with Gasteiger partial charge in [0.1, 0.15) is 0 Å². The molecule has 0 aliphatic carbocycles. The predicted octanol–water partition coefficient (Wildman–Crippen LogP) is 3.99. The fourth-order valence-electron chi connectivity index (χ4n) is 1.26. The Balaban J connectivity index is 3.41. The van der Waals surface area contributed by atoms with Gasteiger partial charge < -0.3 is 0 Å². The van der Waals surface area contributed by atoms with Gasteiger partial charge in [0.15, 0.2) is 0 Å². The van der Waals surface area contributed by atoms with Crippen LogP contribution in [0.1, 0.15) is 38.5 Å². The fraction of sp³-hybridized carbons (Fsp3) is 1.00. The van der Waals surface area contributed by atoms with E-state index in [1.807, 2.05) is 0 Å². The molecule has 16 heavy (non-hydrogen) atoms. The zero-order valence-electron chi connectivity index (χ0n) is 9.09. The molecule has 0 aromatic rings. The molecule has 0 aromatic carbocycles. The molecular weight excluding hydrogens is 261 g/mol. The molecule has 0 saturated heterocycles. The van der Waals surface area contributed by atoms with Gasteiger partial charge in [-0.25, -0.2) is 0 Å². The van der Waals surface area contributed by atoms with Crippen LogP contribution >= 0.6 is 0 Å². The molecule has 0 rings (SSSR count). The molecule has 0 aliphatic heterocycles. The third-order valence-corrected chi connectivity index (χ3v) is 3.20. The molecule has 0 N–H and O–H groups in total. The van der Waals surface area contributed by atoms with E-state index < -0.39 is 67.7 Å². The van der Waals surface area contributed by atoms with Crippen LogP contribution in [0.5, 0.6) is 0 Å². The van der Waals surface area contributed by atoms with Crippen LogP contribution in [0.25, 0.3) is 0 Å². The number of rotatable bonds is 7. The van der Waals surface area contributed by atoms with Crippen molar-refractivity contribution in [1.29, 1.82) is 0 Å². The molecule has 0 amide bonds. The fourth-order valence-corrected chi connectivity index (χ4v) is 1.71. The van der Waals surface area contributed by atoms with Gasteiger partial charge in [-0.1, -0.05) is 0 Å². The zero-order chi connectivity index (χ0) is 12.8. The van der Waals surface area contributed by atoms with Gasteiger partial charge in [0.25, 0.3) is 0 Å². The van der Waals surface area contributed by atoms with E-state index in [1.165, 1.54) is 0 Å². The molecule has 7 heteroatoms. The number of hydrogen-bond donors (Lipinski definition) is 0. The van der Waals surface area contributed by atoms with Gasteiger partial charge in [0.05, 0.1) is 0 Å². The molecule has 92 valence electrons. The molecule has 0 aromatic heterocycles. The van der Waals surface area contributed by atoms with Crippen molar-refractivity contribution in [2.75, 3.05) is 0 Å². The maximum absolute atomic E-state index is 12.7. The van der Waals surface area contributed by atoms with Crippen molar-refractivity contribution in [2.45, 2.75) is 50.9 Å². The van der Waals surface area contributed by atoms with Crippen molar-refractivity contribution >= 4 is 49.0 Å². The topological polar surface area (TPSA) is 0 Å². The van der Waals surface area contributed by atoms with Crippen LogP contribution < -0.4 is 0 Å². The van der Waals surface area contributed by atoms with E-state index in [-0.39, 0.29) is 19.3 Å². The summed E-state index contributed by atoms with van der Waals surface area (Å²) >= 11 is -0.893. The molecule has 0 saturated carbocycles. The first-order chi connectivity index (χ1) is 7.13. The molecule has 0 fully saturated rings. The molecule has 0 bridgehead atoms. The van der Waals surface area contributed by atoms with Crippen LogP contribution in [-0.2, 0) is 0 Å². The second-order valence-electron chi connectivity index (χ2n) is 3.99. The van der Waals surface area contributed by atoms with Crippen molar-refractivity contribution in [1.82, 2.24) is 0 Å². The maximum atomic E-state index is 12.7. The molecular formula is C9H13F6K. The molecule has 0 aliphatic rings. The summed E-state index contributed by atoms with van der Waals surface area (Å²) in [6, 6.07) is 0. The van der Waals surface area contributed by atoms with Crippen LogP contribution in [0.3, 0.4) is 0 Å². The van der Waals surface area contributed by atoms with Crippen molar-refractivity contribution in [2.24, 2.45) is 0 Å². The Bertz CT molecular complexity index is 185. The summed E-state index contributed by atoms with van der Waals surface area (Å²) in [7, 11) is 0. The average Bonchev–Trinajstić information content (AvgIpc) is 2.07. The summed E-state index contributed by atoms with van der Waals surface area (Å²) in [5, 5.41) is 0. The summed E-state index contributed by atoms with van der Waals surface area (Å²) in [6.07, 6.45) is -6.48. The minimum atomic E-state index is -4.16. The Morgan fingerprint density at radius 2 is 1.38 bits per heavy atom. The Morgan fingerprint density at radius 3 is 1.81 bits per heavy atom. The zero-order valence-corrected chi connectivity index (χ0v) is 12.2. The summed E-state index contributed by atoms with van der Waals surface area (Å²) in [6.45, 7) is 0. The van der Waals surface area contributed by atoms with Gasteiger partial charge in [-0.15, -0.1) is 0 Å². The molecule has 0 nitrogen and oxygen atoms in total. The predicted molar refractivity (Wildman–Crippen MR) is 49.4 cm³/mol. The number of alkyl halides is 6. The van der Waals surface area contributed by atoms with E-state index in [1.54, 1.807) is 0 Å². The van der Waals surface area contributed by atoms with Gasteiger partial charge >= 0.3 is 126 Å². The molecule has 0 spiro atoms. The van der Waals surface area contributed by atoms with Gasteiger partial charge in [-0.3, -0.25) is 0 Å². The number of hydrogen-bond acceptors (Lipinski definition) is 0. The Kier molecular flexibility index (Phi) is 8.19. The van der Waals surface area contributed by atoms with Crippen molar-refractivity contribution in [3.8, 4) is 0 Å². The Morgan fingerprint density at radius 1 is 0.875 bits per heavy atom. The van der Waals surface area contributed by atoms with E-state index in [2.05, 4.69) is 0 Å². The minimum absolute atomic E-state index is 0.0131. The summed E-state index contributed by atoms with van der Waals surface area (Å²) in [5.74, 6) is 0. The third-order valence-electron chi connectivity index (χ3n) is 2.22. The quantitative estimate of drug-likeness (QED) is 0.374. The molecule has 0 heterocycles. The third kappa shape index (κ3) is 10.4. The first-order valence-electron chi connectivity index (χ1n) is 5.21. The average molecular weight is 274 g/mol. The van der Waals surface area contributed by atoms with Gasteiger partial charge in [0, 0.05) is 0 Å². The van der Waals surface area contributed by atoms with Gasteiger partial charge in [-0.05, 0) is 0 Å². The Hall–Kier alpha value is 1.22. The summed E-state index contributed by atoms with van der Waals surface area (Å²) in [4.78, 5) is 0. The van der Waals surface area contributed by atoms with Crippen LogP contribution in [0, 0.1) is 0 Å². The molecule has 0 radical (unpaired) electrons. The number of unbranched alkanes of at least 4 members (excludes halogenated alkanes) is 3. The van der Waals surface area contributed by atoms with Crippen LogP contribution in [0.15, 0.2) is 0 Å². The van der Waals surface area contributed by atoms with E-state index in [4.69, 9.17) is 0 Å². The summed E-state index contributed by atoms with van der Waals surface area (Å²) in [5.41, 5.74) is 0. The van der Waals surface area contributed by atoms with Gasteiger partial charge in [0.2, 0.25) is 0 Å². The standard InChI is InChI=1S/C9H13F6.K/c10-7(8(11)12)5-3-1-2-4-6-9(13,14)15;/h7H,1-6H2;. The van der Waals surface area contributed by atoms with Crippen LogP contribution in [-0.4, -0.2) is 61.3 Å². The first kappa shape index (κ1) is 17.2. The monoisotopic (exact) mass is 274 g/mol. The first-order valence-corrected chi connectivity index (χ1v) is 6.78. The van der Waals surface area contributed by atoms with E-state index in [9.17, 15) is 26.3 Å². The normalized spacial score (nSPS) is 15.2. The van der Waals surface area contributed by atoms with E-state index in [0.29, 0.717) is 12.8 Å². The van der Waals surface area contributed by atoms with Crippen molar-refractivity contribution in [3.63, 3.8) is 0 Å². The van der Waals surface area contributed by atoms with E-state index >= 15 is 0 Å². The van der Waals surface area contributed by atoms with E-state index in [0.717, 1.165) is 0 Å². The second kappa shape index (κ2) is 7.61. The molecule has 1 atom stereocenters. The number of halogens is 6. The SMILES string of the molecule is FC(CCCCCCC(F)(F)F)[C](F)(F)[K]. The van der Waals surface area contributed by atoms with Gasteiger partial charge in [-0.2, -0.15) is 0 Å². The Labute approximate surface area is 125 Å². The van der Waals surface area contributed by atoms with Crippen LogP contribution in [0.2, 0.25) is 0 Å². The molecule has 1 unspecified atom stereocenters. The van der Waals surface area contributed by atoms with Crippen molar-refractivity contribution < 1.29 is 26.3 Å².